The van der Waals surface area contributed by atoms with Crippen LogP contribution < -0.4 is 0 Å². The third-order valence-electron chi connectivity index (χ3n) is 14.4. The fourth-order valence-electron chi connectivity index (χ4n) is 12.3. The lowest BCUT2D eigenvalue weighted by molar-refractivity contribution is -0.217. The number of ketones is 1. The van der Waals surface area contributed by atoms with Crippen LogP contribution in [0.1, 0.15) is 122 Å². The molecule has 4 saturated carbocycles. The first-order valence-corrected chi connectivity index (χ1v) is 16.1. The van der Waals surface area contributed by atoms with E-state index in [4.69, 9.17) is 0 Å². The normalized spacial score (nSPS) is 45.3. The van der Waals surface area contributed by atoms with Gasteiger partial charge in [-0.25, -0.2) is 0 Å². The molecule has 0 N–H and O–H groups in total. The summed E-state index contributed by atoms with van der Waals surface area (Å²) in [6, 6.07) is 8.34. The average Bonchev–Trinajstić information content (AvgIpc) is 3.29. The zero-order chi connectivity index (χ0) is 28.9. The maximum Gasteiger partial charge on any atom is 0.159 e. The standard InChI is InChI=1S/C37H51NO2/c1-23(2)27-15-20-37(38-40)22-21-35(7)29(32(27)37)13-14-31-34(6)18-16-28(26-11-9-25(10-12-26)24(3)39)33(4,5)30(34)17-19-36(31,35)8/h9-12,16,27,29-32H,1,13-15,17-22H2,2-8H3/t27-,29+,30-,31+,32+,34-,35+,36+,37-/m0/s1. The van der Waals surface area contributed by atoms with E-state index in [0.717, 1.165) is 37.7 Å². The molecule has 9 atom stereocenters. The lowest BCUT2D eigenvalue weighted by Crippen LogP contribution is -2.66. The third-order valence-corrected chi connectivity index (χ3v) is 14.4. The Morgan fingerprint density at radius 3 is 2.17 bits per heavy atom. The van der Waals surface area contributed by atoms with Crippen LogP contribution in [0.4, 0.5) is 0 Å². The van der Waals surface area contributed by atoms with E-state index < -0.39 is 0 Å². The summed E-state index contributed by atoms with van der Waals surface area (Å²) in [6.07, 6.45) is 12.9. The topological polar surface area (TPSA) is 46.5 Å². The van der Waals surface area contributed by atoms with Crippen molar-refractivity contribution in [2.45, 2.75) is 112 Å². The molecule has 0 unspecified atom stereocenters. The van der Waals surface area contributed by atoms with Crippen molar-refractivity contribution in [2.24, 2.45) is 56.4 Å². The first-order valence-electron chi connectivity index (χ1n) is 16.1. The molecule has 6 rings (SSSR count). The van der Waals surface area contributed by atoms with Gasteiger partial charge in [-0.05, 0) is 134 Å². The number of nitroso groups, excluding NO2 is 1. The van der Waals surface area contributed by atoms with E-state index >= 15 is 0 Å². The smallest absolute Gasteiger partial charge is 0.159 e. The molecule has 4 fully saturated rings. The number of carbonyl (C=O) groups is 1. The second kappa shape index (κ2) is 8.98. The molecule has 3 nitrogen and oxygen atoms in total. The molecule has 0 saturated heterocycles. The molecule has 40 heavy (non-hydrogen) atoms. The minimum Gasteiger partial charge on any atom is -0.295 e. The number of hydrogen-bond donors (Lipinski definition) is 0. The van der Waals surface area contributed by atoms with Crippen molar-refractivity contribution in [3.63, 3.8) is 0 Å². The van der Waals surface area contributed by atoms with Crippen LogP contribution in [-0.2, 0) is 0 Å². The van der Waals surface area contributed by atoms with Gasteiger partial charge in [-0.15, -0.1) is 0 Å². The molecule has 0 heterocycles. The number of carbonyl (C=O) groups excluding carboxylic acids is 1. The predicted octanol–water partition coefficient (Wildman–Crippen LogP) is 10.1. The first-order chi connectivity index (χ1) is 18.7. The van der Waals surface area contributed by atoms with Crippen molar-refractivity contribution in [1.82, 2.24) is 0 Å². The largest absolute Gasteiger partial charge is 0.295 e. The number of hydrogen-bond acceptors (Lipinski definition) is 3. The summed E-state index contributed by atoms with van der Waals surface area (Å²) in [5, 5.41) is 3.96. The van der Waals surface area contributed by atoms with Crippen molar-refractivity contribution in [1.29, 1.82) is 0 Å². The Hall–Kier alpha value is -2.03. The van der Waals surface area contributed by atoms with E-state index in [-0.39, 0.29) is 33.0 Å². The number of fused-ring (bicyclic) bond motifs is 7. The number of allylic oxidation sites excluding steroid dienone is 3. The molecule has 0 bridgehead atoms. The number of Topliss-reactive ketones (excluding diaryl/α,β-unsaturated/α-hetero) is 1. The van der Waals surface area contributed by atoms with Gasteiger partial charge in [0.1, 0.15) is 5.54 Å². The second-order valence-corrected chi connectivity index (χ2v) is 16.1. The van der Waals surface area contributed by atoms with Crippen molar-refractivity contribution in [3.05, 3.63) is 58.5 Å². The third kappa shape index (κ3) is 3.51. The van der Waals surface area contributed by atoms with Gasteiger partial charge in [0, 0.05) is 5.56 Å². The van der Waals surface area contributed by atoms with Crippen LogP contribution in [0.5, 0.6) is 0 Å². The summed E-state index contributed by atoms with van der Waals surface area (Å²) in [5.41, 5.74) is 5.27. The fraction of sp³-hybridized carbons (Fsp3) is 0.703. The zero-order valence-corrected chi connectivity index (χ0v) is 26.1. The monoisotopic (exact) mass is 541 g/mol. The molecular formula is C37H51NO2. The Bertz CT molecular complexity index is 1270. The van der Waals surface area contributed by atoms with Crippen molar-refractivity contribution >= 4 is 11.4 Å². The molecule has 1 aromatic rings. The maximum atomic E-state index is 12.5. The molecular weight excluding hydrogens is 490 g/mol. The van der Waals surface area contributed by atoms with E-state index in [1.165, 1.54) is 42.4 Å². The molecule has 0 spiro atoms. The van der Waals surface area contributed by atoms with Crippen molar-refractivity contribution in [2.75, 3.05) is 0 Å². The second-order valence-electron chi connectivity index (χ2n) is 16.1. The van der Waals surface area contributed by atoms with Crippen LogP contribution >= 0.6 is 0 Å². The van der Waals surface area contributed by atoms with E-state index in [9.17, 15) is 9.70 Å². The van der Waals surface area contributed by atoms with Gasteiger partial charge >= 0.3 is 0 Å². The Kier molecular flexibility index (Phi) is 6.31. The highest BCUT2D eigenvalue weighted by atomic mass is 16.3. The number of rotatable bonds is 4. The van der Waals surface area contributed by atoms with Crippen LogP contribution in [0, 0.1) is 56.2 Å². The van der Waals surface area contributed by atoms with E-state index in [1.54, 1.807) is 6.92 Å². The average molecular weight is 542 g/mol. The molecule has 216 valence electrons. The highest BCUT2D eigenvalue weighted by Crippen LogP contribution is 2.77. The van der Waals surface area contributed by atoms with Gasteiger partial charge in [-0.2, -0.15) is 4.91 Å². The first kappa shape index (κ1) is 28.1. The quantitative estimate of drug-likeness (QED) is 0.216. The van der Waals surface area contributed by atoms with Gasteiger partial charge in [-0.1, -0.05) is 82.3 Å². The van der Waals surface area contributed by atoms with Gasteiger partial charge in [-0.3, -0.25) is 4.79 Å². The van der Waals surface area contributed by atoms with Crippen LogP contribution in [0.3, 0.4) is 0 Å². The fourth-order valence-corrected chi connectivity index (χ4v) is 12.3. The molecule has 0 aliphatic heterocycles. The SMILES string of the molecule is C=C(C)[C@@H]1CC[C@]2(N=O)CC[C@]3(C)[C@H](CC[C@@H]4[C@@]5(C)CC=C(c6ccc(C(C)=O)cc6)C(C)(C)[C@@H]5CC[C@]43C)[C@@H]12. The Balaban J connectivity index is 1.37. The Labute approximate surface area is 242 Å². The van der Waals surface area contributed by atoms with Crippen LogP contribution in [0.2, 0.25) is 0 Å². The molecule has 0 aromatic heterocycles. The van der Waals surface area contributed by atoms with Crippen LogP contribution in [0.15, 0.2) is 47.7 Å². The summed E-state index contributed by atoms with van der Waals surface area (Å²) in [5.74, 6) is 2.81. The summed E-state index contributed by atoms with van der Waals surface area (Å²) in [6.45, 7) is 21.1. The van der Waals surface area contributed by atoms with Gasteiger partial charge in [0.25, 0.3) is 0 Å². The lowest BCUT2D eigenvalue weighted by atomic mass is 9.33. The molecule has 5 aliphatic rings. The number of nitrogens with zero attached hydrogens (tertiary/aromatic N) is 1. The van der Waals surface area contributed by atoms with Crippen LogP contribution in [-0.4, -0.2) is 11.3 Å². The zero-order valence-electron chi connectivity index (χ0n) is 26.1. The molecule has 3 heteroatoms. The highest BCUT2D eigenvalue weighted by molar-refractivity contribution is 5.94. The number of benzene rings is 1. The summed E-state index contributed by atoms with van der Waals surface area (Å²) >= 11 is 0. The molecule has 0 radical (unpaired) electrons. The van der Waals surface area contributed by atoms with E-state index in [1.807, 2.05) is 12.1 Å². The van der Waals surface area contributed by atoms with Gasteiger partial charge in [0.2, 0.25) is 0 Å². The van der Waals surface area contributed by atoms with Gasteiger partial charge < -0.3 is 0 Å². The summed E-state index contributed by atoms with van der Waals surface area (Å²) < 4.78 is 0. The molecule has 5 aliphatic carbocycles. The maximum absolute atomic E-state index is 12.5. The van der Waals surface area contributed by atoms with Crippen molar-refractivity contribution < 1.29 is 4.79 Å². The van der Waals surface area contributed by atoms with Gasteiger partial charge in [0.05, 0.1) is 0 Å². The van der Waals surface area contributed by atoms with Gasteiger partial charge in [0.15, 0.2) is 5.78 Å². The highest BCUT2D eigenvalue weighted by Gasteiger charge is 2.71. The molecule has 1 aromatic carbocycles. The van der Waals surface area contributed by atoms with E-state index in [2.05, 4.69) is 71.5 Å². The van der Waals surface area contributed by atoms with E-state index in [0.29, 0.717) is 29.6 Å². The minimum absolute atomic E-state index is 0.0729. The Morgan fingerprint density at radius 2 is 1.55 bits per heavy atom. The lowest BCUT2D eigenvalue weighted by Gasteiger charge is -2.72. The Morgan fingerprint density at radius 1 is 0.850 bits per heavy atom. The summed E-state index contributed by atoms with van der Waals surface area (Å²) in [7, 11) is 0. The minimum atomic E-state index is -0.361. The summed E-state index contributed by atoms with van der Waals surface area (Å²) in [4.78, 5) is 24.4. The molecule has 0 amide bonds. The predicted molar refractivity (Wildman–Crippen MR) is 165 cm³/mol. The van der Waals surface area contributed by atoms with Crippen molar-refractivity contribution in [3.8, 4) is 0 Å². The van der Waals surface area contributed by atoms with Crippen LogP contribution in [0.25, 0.3) is 5.57 Å².